The van der Waals surface area contributed by atoms with Gasteiger partial charge in [0.1, 0.15) is 11.5 Å². The maximum Gasteiger partial charge on any atom is 0.341 e. The molecule has 1 heterocycles. The summed E-state index contributed by atoms with van der Waals surface area (Å²) in [6.45, 7) is 3.36. The molecular weight excluding hydrogens is 436 g/mol. The molecule has 2 aromatic rings. The van der Waals surface area contributed by atoms with Crippen LogP contribution in [0.1, 0.15) is 15.9 Å². The second-order valence-electron chi connectivity index (χ2n) is 6.47. The van der Waals surface area contributed by atoms with Gasteiger partial charge in [-0.2, -0.15) is 0 Å². The lowest BCUT2D eigenvalue weighted by Gasteiger charge is -2.13. The molecule has 0 aromatic heterocycles. The van der Waals surface area contributed by atoms with Crippen LogP contribution in [0.3, 0.4) is 0 Å². The average molecular weight is 454 g/mol. The number of aromatic carboxylic acids is 1. The predicted molar refractivity (Wildman–Crippen MR) is 119 cm³/mol. The number of hydrogen-bond acceptors (Lipinski definition) is 7. The number of thioether (sulfide) groups is 1. The molecule has 0 atom stereocenters. The van der Waals surface area contributed by atoms with E-state index < -0.39 is 18.5 Å². The van der Waals surface area contributed by atoms with Crippen molar-refractivity contribution < 1.29 is 34.4 Å². The Morgan fingerprint density at radius 1 is 1.16 bits per heavy atom. The number of amidine groups is 1. The molecule has 0 spiro atoms. The van der Waals surface area contributed by atoms with Crippen molar-refractivity contribution in [3.63, 3.8) is 0 Å². The number of carboxylic acid groups (broad SMARTS) is 2. The number of phenols is 1. The zero-order chi connectivity index (χ0) is 23.3. The number of ether oxygens (including phenoxy) is 1. The third-order valence-corrected chi connectivity index (χ3v) is 5.17. The van der Waals surface area contributed by atoms with Crippen LogP contribution in [0.15, 0.2) is 65.0 Å². The summed E-state index contributed by atoms with van der Waals surface area (Å²) in [5.41, 5.74) is 0.582. The number of carboxylic acids is 2. The molecule has 32 heavy (non-hydrogen) atoms. The summed E-state index contributed by atoms with van der Waals surface area (Å²) in [5.74, 6) is -2.50. The molecule has 1 aliphatic rings. The summed E-state index contributed by atoms with van der Waals surface area (Å²) >= 11 is 1.07. The molecule has 9 nitrogen and oxygen atoms in total. The summed E-state index contributed by atoms with van der Waals surface area (Å²) in [7, 11) is 0. The van der Waals surface area contributed by atoms with Crippen molar-refractivity contribution in [1.82, 2.24) is 4.90 Å². The first-order valence-corrected chi connectivity index (χ1v) is 10.0. The van der Waals surface area contributed by atoms with Crippen LogP contribution in [-0.2, 0) is 9.59 Å². The van der Waals surface area contributed by atoms with Crippen LogP contribution < -0.4 is 4.74 Å². The quantitative estimate of drug-likeness (QED) is 0.408. The highest BCUT2D eigenvalue weighted by molar-refractivity contribution is 8.18. The maximum atomic E-state index is 12.9. The standard InChI is InChI=1S/C22H18N2O7S/c1-2-9-24-20(28)18(10-13-3-6-15(7-4-13)31-12-19(26)27)32-22(24)23-17-8-5-14(25)11-16(17)21(29)30/h2-8,10-11,25H,1,9,12H2,(H,26,27)(H,29,30)/b18-10-,23-22?. The number of rotatable bonds is 8. The van der Waals surface area contributed by atoms with Crippen LogP contribution in [-0.4, -0.2) is 56.4 Å². The van der Waals surface area contributed by atoms with Crippen molar-refractivity contribution in [2.45, 2.75) is 0 Å². The van der Waals surface area contributed by atoms with Crippen LogP contribution in [0, 0.1) is 0 Å². The van der Waals surface area contributed by atoms with Gasteiger partial charge in [-0.1, -0.05) is 18.2 Å². The van der Waals surface area contributed by atoms with E-state index in [2.05, 4.69) is 11.6 Å². The molecule has 3 N–H and O–H groups in total. The minimum atomic E-state index is -1.26. The van der Waals surface area contributed by atoms with Crippen molar-refractivity contribution >= 4 is 46.5 Å². The molecular formula is C22H18N2O7S. The number of amides is 1. The van der Waals surface area contributed by atoms with Gasteiger partial charge in [-0.15, -0.1) is 6.58 Å². The van der Waals surface area contributed by atoms with E-state index in [-0.39, 0.29) is 34.6 Å². The molecule has 1 aliphatic heterocycles. The maximum absolute atomic E-state index is 12.9. The van der Waals surface area contributed by atoms with Crippen molar-refractivity contribution in [2.75, 3.05) is 13.2 Å². The monoisotopic (exact) mass is 454 g/mol. The first-order chi connectivity index (χ1) is 15.3. The highest BCUT2D eigenvalue weighted by Gasteiger charge is 2.33. The van der Waals surface area contributed by atoms with Gasteiger partial charge in [0.05, 0.1) is 16.2 Å². The zero-order valence-electron chi connectivity index (χ0n) is 16.6. The van der Waals surface area contributed by atoms with Gasteiger partial charge < -0.3 is 20.1 Å². The van der Waals surface area contributed by atoms with Crippen molar-refractivity contribution in [3.8, 4) is 11.5 Å². The minimum Gasteiger partial charge on any atom is -0.508 e. The fraction of sp³-hybridized carbons (Fsp3) is 0.0909. The van der Waals surface area contributed by atoms with Crippen molar-refractivity contribution in [3.05, 3.63) is 71.2 Å². The molecule has 10 heteroatoms. The molecule has 1 saturated heterocycles. The highest BCUT2D eigenvalue weighted by Crippen LogP contribution is 2.35. The Kier molecular flexibility index (Phi) is 6.96. The lowest BCUT2D eigenvalue weighted by Crippen LogP contribution is -2.29. The van der Waals surface area contributed by atoms with Gasteiger partial charge in [-0.3, -0.25) is 9.69 Å². The van der Waals surface area contributed by atoms with Gasteiger partial charge in [0, 0.05) is 6.54 Å². The molecule has 1 amide bonds. The number of aliphatic carboxylic acids is 1. The first-order valence-electron chi connectivity index (χ1n) is 9.20. The molecule has 0 aliphatic carbocycles. The summed E-state index contributed by atoms with van der Waals surface area (Å²) < 4.78 is 5.09. The van der Waals surface area contributed by atoms with Crippen LogP contribution in [0.25, 0.3) is 6.08 Å². The number of nitrogens with zero attached hydrogens (tertiary/aromatic N) is 2. The van der Waals surface area contributed by atoms with E-state index in [9.17, 15) is 24.6 Å². The number of phenolic OH excluding ortho intramolecular Hbond substituents is 1. The Morgan fingerprint density at radius 3 is 2.50 bits per heavy atom. The fourth-order valence-corrected chi connectivity index (χ4v) is 3.73. The van der Waals surface area contributed by atoms with Crippen LogP contribution >= 0.6 is 11.8 Å². The number of benzene rings is 2. The second-order valence-corrected chi connectivity index (χ2v) is 7.48. The van der Waals surface area contributed by atoms with Gasteiger partial charge in [0.2, 0.25) is 0 Å². The van der Waals surface area contributed by atoms with Crippen LogP contribution in [0.2, 0.25) is 0 Å². The summed E-state index contributed by atoms with van der Waals surface area (Å²) in [4.78, 5) is 41.0. The minimum absolute atomic E-state index is 0.0980. The number of aromatic hydroxyl groups is 1. The van der Waals surface area contributed by atoms with E-state index in [1.165, 1.54) is 23.1 Å². The molecule has 2 aromatic carbocycles. The average Bonchev–Trinajstić information content (AvgIpc) is 3.03. The van der Waals surface area contributed by atoms with E-state index in [1.807, 2.05) is 0 Å². The third-order valence-electron chi connectivity index (χ3n) is 4.17. The van der Waals surface area contributed by atoms with Crippen LogP contribution in [0.5, 0.6) is 11.5 Å². The Bertz CT molecular complexity index is 1140. The first kappa shape index (κ1) is 22.6. The number of carbonyl (C=O) groups excluding carboxylic acids is 1. The number of hydrogen-bond donors (Lipinski definition) is 3. The molecule has 0 radical (unpaired) electrons. The largest absolute Gasteiger partial charge is 0.508 e. The Morgan fingerprint density at radius 2 is 1.88 bits per heavy atom. The highest BCUT2D eigenvalue weighted by atomic mass is 32.2. The van der Waals surface area contributed by atoms with E-state index >= 15 is 0 Å². The normalized spacial score (nSPS) is 15.9. The topological polar surface area (TPSA) is 137 Å². The summed E-state index contributed by atoms with van der Waals surface area (Å²) in [6, 6.07) is 10.3. The Balaban J connectivity index is 1.90. The predicted octanol–water partition coefficient (Wildman–Crippen LogP) is 3.34. The number of carbonyl (C=O) groups is 3. The summed E-state index contributed by atoms with van der Waals surface area (Å²) in [6.07, 6.45) is 3.17. The molecule has 0 bridgehead atoms. The fourth-order valence-electron chi connectivity index (χ4n) is 2.73. The molecule has 164 valence electrons. The van der Waals surface area contributed by atoms with E-state index in [4.69, 9.17) is 9.84 Å². The van der Waals surface area contributed by atoms with Crippen molar-refractivity contribution in [2.24, 2.45) is 4.99 Å². The van der Waals surface area contributed by atoms with Gasteiger partial charge in [-0.25, -0.2) is 14.6 Å². The lowest BCUT2D eigenvalue weighted by atomic mass is 10.2. The third kappa shape index (κ3) is 5.35. The number of aliphatic imine (C=N–C) groups is 1. The summed E-state index contributed by atoms with van der Waals surface area (Å²) in [5, 5.41) is 27.9. The zero-order valence-corrected chi connectivity index (χ0v) is 17.4. The molecule has 3 rings (SSSR count). The van der Waals surface area contributed by atoms with E-state index in [0.29, 0.717) is 16.2 Å². The van der Waals surface area contributed by atoms with Crippen LogP contribution in [0.4, 0.5) is 5.69 Å². The van der Waals surface area contributed by atoms with E-state index in [0.717, 1.165) is 17.8 Å². The van der Waals surface area contributed by atoms with Crippen molar-refractivity contribution in [1.29, 1.82) is 0 Å². The Hall–Kier alpha value is -4.05. The van der Waals surface area contributed by atoms with Gasteiger partial charge in [0.15, 0.2) is 11.8 Å². The lowest BCUT2D eigenvalue weighted by molar-refractivity contribution is -0.139. The Labute approximate surface area is 187 Å². The van der Waals surface area contributed by atoms with E-state index in [1.54, 1.807) is 30.3 Å². The van der Waals surface area contributed by atoms with Gasteiger partial charge in [-0.05, 0) is 53.7 Å². The smallest absolute Gasteiger partial charge is 0.341 e. The SMILES string of the molecule is C=CCN1C(=O)/C(=C/c2ccc(OCC(=O)O)cc2)SC1=Nc1ccc(O)cc1C(=O)O. The molecule has 0 unspecified atom stereocenters. The van der Waals surface area contributed by atoms with Gasteiger partial charge in [0.25, 0.3) is 5.91 Å². The molecule has 0 saturated carbocycles. The molecule has 1 fully saturated rings. The second kappa shape index (κ2) is 9.84. The van der Waals surface area contributed by atoms with Gasteiger partial charge >= 0.3 is 11.9 Å².